The minimum atomic E-state index is -3.30. The number of halogens is 1. The van der Waals surface area contributed by atoms with Crippen LogP contribution in [0.2, 0.25) is 0 Å². The van der Waals surface area contributed by atoms with Gasteiger partial charge in [0.25, 0.3) is 10.0 Å². The first-order chi connectivity index (χ1) is 8.05. The summed E-state index contributed by atoms with van der Waals surface area (Å²) in [6, 6.07) is 1.79. The molecule has 1 aromatic heterocycles. The van der Waals surface area contributed by atoms with Crippen LogP contribution in [-0.4, -0.2) is 25.8 Å². The van der Waals surface area contributed by atoms with Gasteiger partial charge in [-0.1, -0.05) is 13.3 Å². The molecule has 3 nitrogen and oxygen atoms in total. The van der Waals surface area contributed by atoms with Gasteiger partial charge in [0, 0.05) is 17.6 Å². The molecule has 1 saturated carbocycles. The lowest BCUT2D eigenvalue weighted by Crippen LogP contribution is -2.37. The average molecular weight is 338 g/mol. The summed E-state index contributed by atoms with van der Waals surface area (Å²) in [5, 5.41) is 1.80. The second-order valence-corrected chi connectivity index (χ2v) is 8.21. The first-order valence-electron chi connectivity index (χ1n) is 5.79. The Labute approximate surface area is 115 Å². The number of rotatable bonds is 5. The van der Waals surface area contributed by atoms with Crippen molar-refractivity contribution in [3.05, 3.63) is 15.9 Å². The third kappa shape index (κ3) is 2.75. The highest BCUT2D eigenvalue weighted by Gasteiger charge is 2.30. The van der Waals surface area contributed by atoms with Gasteiger partial charge in [-0.3, -0.25) is 0 Å². The van der Waals surface area contributed by atoms with Gasteiger partial charge in [-0.15, -0.1) is 11.3 Å². The van der Waals surface area contributed by atoms with Crippen LogP contribution in [-0.2, 0) is 10.0 Å². The monoisotopic (exact) mass is 337 g/mol. The molecular formula is C11H16BrNO2S2. The molecule has 96 valence electrons. The second kappa shape index (κ2) is 5.38. The van der Waals surface area contributed by atoms with E-state index in [-0.39, 0.29) is 0 Å². The summed E-state index contributed by atoms with van der Waals surface area (Å²) in [4.78, 5) is 0. The molecule has 1 aromatic rings. The van der Waals surface area contributed by atoms with Crippen LogP contribution in [0.1, 0.15) is 26.2 Å². The molecule has 0 unspecified atom stereocenters. The van der Waals surface area contributed by atoms with Crippen LogP contribution in [0.5, 0.6) is 0 Å². The third-order valence-electron chi connectivity index (χ3n) is 3.20. The van der Waals surface area contributed by atoms with Crippen molar-refractivity contribution in [1.29, 1.82) is 0 Å². The Morgan fingerprint density at radius 2 is 2.24 bits per heavy atom. The van der Waals surface area contributed by atoms with Crippen molar-refractivity contribution in [2.24, 2.45) is 5.92 Å². The quantitative estimate of drug-likeness (QED) is 0.826. The lowest BCUT2D eigenvalue weighted by atomic mass is 9.85. The zero-order valence-electron chi connectivity index (χ0n) is 9.73. The number of nitrogens with zero attached hydrogens (tertiary/aromatic N) is 1. The van der Waals surface area contributed by atoms with Crippen LogP contribution < -0.4 is 0 Å². The number of hydrogen-bond acceptors (Lipinski definition) is 3. The molecule has 0 bridgehead atoms. The summed E-state index contributed by atoms with van der Waals surface area (Å²) in [7, 11) is -3.30. The van der Waals surface area contributed by atoms with Crippen LogP contribution >= 0.6 is 27.3 Å². The summed E-state index contributed by atoms with van der Waals surface area (Å²) < 4.78 is 27.6. The molecule has 17 heavy (non-hydrogen) atoms. The van der Waals surface area contributed by atoms with Crippen LogP contribution in [0.4, 0.5) is 0 Å². The van der Waals surface area contributed by atoms with Crippen molar-refractivity contribution >= 4 is 37.3 Å². The summed E-state index contributed by atoms with van der Waals surface area (Å²) in [5.74, 6) is 0.559. The normalized spacial score (nSPS) is 17.4. The Hall–Kier alpha value is 0.0900. The van der Waals surface area contributed by atoms with E-state index in [0.717, 1.165) is 12.8 Å². The molecule has 0 N–H and O–H groups in total. The Bertz CT molecular complexity index is 479. The molecule has 0 saturated heterocycles. The van der Waals surface area contributed by atoms with E-state index in [4.69, 9.17) is 0 Å². The van der Waals surface area contributed by atoms with Gasteiger partial charge in [0.2, 0.25) is 0 Å². The smallest absolute Gasteiger partial charge is 0.206 e. The maximum absolute atomic E-state index is 12.4. The largest absolute Gasteiger partial charge is 0.253 e. The molecule has 0 spiro atoms. The summed E-state index contributed by atoms with van der Waals surface area (Å²) >= 11 is 4.58. The topological polar surface area (TPSA) is 37.4 Å². The Kier molecular flexibility index (Phi) is 4.28. The molecule has 1 aliphatic carbocycles. The van der Waals surface area contributed by atoms with Crippen LogP contribution in [0.15, 0.2) is 20.1 Å². The van der Waals surface area contributed by atoms with E-state index < -0.39 is 10.0 Å². The summed E-state index contributed by atoms with van der Waals surface area (Å²) in [5.41, 5.74) is 0. The number of hydrogen-bond donors (Lipinski definition) is 0. The van der Waals surface area contributed by atoms with Gasteiger partial charge in [-0.25, -0.2) is 8.42 Å². The van der Waals surface area contributed by atoms with E-state index in [1.807, 2.05) is 6.92 Å². The van der Waals surface area contributed by atoms with Gasteiger partial charge in [0.15, 0.2) is 0 Å². The van der Waals surface area contributed by atoms with Gasteiger partial charge in [-0.05, 0) is 46.1 Å². The maximum atomic E-state index is 12.4. The molecule has 1 aliphatic rings. The van der Waals surface area contributed by atoms with Crippen molar-refractivity contribution < 1.29 is 8.42 Å². The second-order valence-electron chi connectivity index (χ2n) is 4.31. The minimum Gasteiger partial charge on any atom is -0.206 e. The van der Waals surface area contributed by atoms with Crippen LogP contribution in [0, 0.1) is 5.92 Å². The SMILES string of the molecule is CCN(CC1CCC1)S(=O)(=O)c1sccc1Br. The van der Waals surface area contributed by atoms with E-state index in [9.17, 15) is 8.42 Å². The van der Waals surface area contributed by atoms with E-state index >= 15 is 0 Å². The van der Waals surface area contributed by atoms with Gasteiger partial charge in [0.1, 0.15) is 4.21 Å². The van der Waals surface area contributed by atoms with Gasteiger partial charge < -0.3 is 0 Å². The molecule has 0 aromatic carbocycles. The van der Waals surface area contributed by atoms with E-state index in [1.165, 1.54) is 17.8 Å². The van der Waals surface area contributed by atoms with Crippen molar-refractivity contribution in [2.45, 2.75) is 30.4 Å². The van der Waals surface area contributed by atoms with Crippen molar-refractivity contribution in [1.82, 2.24) is 4.31 Å². The number of sulfonamides is 1. The molecule has 0 atom stereocenters. The van der Waals surface area contributed by atoms with Crippen molar-refractivity contribution in [3.8, 4) is 0 Å². The van der Waals surface area contributed by atoms with Crippen molar-refractivity contribution in [3.63, 3.8) is 0 Å². The highest BCUT2D eigenvalue weighted by molar-refractivity contribution is 9.10. The Balaban J connectivity index is 2.20. The first kappa shape index (κ1) is 13.5. The maximum Gasteiger partial charge on any atom is 0.253 e. The van der Waals surface area contributed by atoms with E-state index in [0.29, 0.717) is 27.7 Å². The molecule has 0 amide bonds. The highest BCUT2D eigenvalue weighted by Crippen LogP contribution is 2.33. The Morgan fingerprint density at radius 3 is 2.65 bits per heavy atom. The third-order valence-corrected chi connectivity index (χ3v) is 7.79. The number of thiophene rings is 1. The zero-order valence-corrected chi connectivity index (χ0v) is 12.9. The predicted molar refractivity (Wildman–Crippen MR) is 73.8 cm³/mol. The standard InChI is InChI=1S/C11H16BrNO2S2/c1-2-13(8-9-4-3-5-9)17(14,15)11-10(12)6-7-16-11/h6-7,9H,2-5,8H2,1H3. The first-order valence-corrected chi connectivity index (χ1v) is 8.90. The summed E-state index contributed by atoms with van der Waals surface area (Å²) in [6.07, 6.45) is 3.57. The fourth-order valence-corrected chi connectivity index (χ4v) is 5.92. The molecule has 1 heterocycles. The molecule has 6 heteroatoms. The van der Waals surface area contributed by atoms with Gasteiger partial charge in [0.05, 0.1) is 0 Å². The highest BCUT2D eigenvalue weighted by atomic mass is 79.9. The van der Waals surface area contributed by atoms with Gasteiger partial charge >= 0.3 is 0 Å². The lowest BCUT2D eigenvalue weighted by Gasteiger charge is -2.30. The molecule has 2 rings (SSSR count). The fraction of sp³-hybridized carbons (Fsp3) is 0.636. The summed E-state index contributed by atoms with van der Waals surface area (Å²) in [6.45, 7) is 3.12. The van der Waals surface area contributed by atoms with Crippen LogP contribution in [0.3, 0.4) is 0 Å². The van der Waals surface area contributed by atoms with Crippen molar-refractivity contribution in [2.75, 3.05) is 13.1 Å². The molecule has 0 radical (unpaired) electrons. The molecule has 0 aliphatic heterocycles. The van der Waals surface area contributed by atoms with E-state index in [1.54, 1.807) is 15.8 Å². The predicted octanol–water partition coefficient (Wildman–Crippen LogP) is 3.32. The van der Waals surface area contributed by atoms with E-state index in [2.05, 4.69) is 15.9 Å². The zero-order chi connectivity index (χ0) is 12.5. The van der Waals surface area contributed by atoms with Gasteiger partial charge in [-0.2, -0.15) is 4.31 Å². The molecule has 1 fully saturated rings. The van der Waals surface area contributed by atoms with Crippen LogP contribution in [0.25, 0.3) is 0 Å². The lowest BCUT2D eigenvalue weighted by molar-refractivity contribution is 0.250. The fourth-order valence-electron chi connectivity index (χ4n) is 1.94. The average Bonchev–Trinajstić information content (AvgIpc) is 2.63. The molecular weight excluding hydrogens is 322 g/mol. The minimum absolute atomic E-state index is 0.429. The Morgan fingerprint density at radius 1 is 1.53 bits per heavy atom.